The minimum atomic E-state index is -0.769. The molecule has 114 valence electrons. The van der Waals surface area contributed by atoms with Crippen molar-refractivity contribution in [2.75, 3.05) is 27.2 Å². The number of aliphatic hydroxyl groups excluding tert-OH is 1. The molecule has 0 saturated carbocycles. The van der Waals surface area contributed by atoms with E-state index in [1.165, 1.54) is 4.90 Å². The highest BCUT2D eigenvalue weighted by molar-refractivity contribution is 5.80. The van der Waals surface area contributed by atoms with Crippen molar-refractivity contribution in [1.29, 1.82) is 5.26 Å². The zero-order chi connectivity index (χ0) is 15.8. The summed E-state index contributed by atoms with van der Waals surface area (Å²) >= 11 is 0. The van der Waals surface area contributed by atoms with Crippen LogP contribution in [0.25, 0.3) is 0 Å². The van der Waals surface area contributed by atoms with Crippen LogP contribution in [-0.2, 0) is 4.79 Å². The quantitative estimate of drug-likeness (QED) is 0.758. The van der Waals surface area contributed by atoms with Gasteiger partial charge in [-0.05, 0) is 19.1 Å². The maximum atomic E-state index is 11.6. The van der Waals surface area contributed by atoms with Gasteiger partial charge in [-0.25, -0.2) is 0 Å². The normalized spacial score (nSPS) is 13.1. The van der Waals surface area contributed by atoms with Crippen LogP contribution in [-0.4, -0.2) is 55.3 Å². The van der Waals surface area contributed by atoms with Crippen LogP contribution in [0.5, 0.6) is 5.75 Å². The number of hydrogen-bond acceptors (Lipinski definition) is 5. The summed E-state index contributed by atoms with van der Waals surface area (Å²) in [5, 5.41) is 21.7. The minimum Gasteiger partial charge on any atom is -0.489 e. The van der Waals surface area contributed by atoms with Gasteiger partial charge >= 0.3 is 0 Å². The number of hydrogen-bond donors (Lipinski definition) is 2. The SMILES string of the molecule is CC(NCC(O)COc1ccccc1C#N)C(=O)N(C)C. The first kappa shape index (κ1) is 17.0. The van der Waals surface area contributed by atoms with Gasteiger partial charge in [0, 0.05) is 20.6 Å². The summed E-state index contributed by atoms with van der Waals surface area (Å²) in [6.07, 6.45) is -0.769. The molecule has 6 heteroatoms. The molecular weight excluding hydrogens is 270 g/mol. The van der Waals surface area contributed by atoms with Crippen molar-refractivity contribution < 1.29 is 14.6 Å². The van der Waals surface area contributed by atoms with Crippen LogP contribution in [0.4, 0.5) is 0 Å². The molecule has 21 heavy (non-hydrogen) atoms. The lowest BCUT2D eigenvalue weighted by Gasteiger charge is -2.20. The van der Waals surface area contributed by atoms with Crippen molar-refractivity contribution in [3.63, 3.8) is 0 Å². The van der Waals surface area contributed by atoms with E-state index in [2.05, 4.69) is 5.32 Å². The number of nitriles is 1. The van der Waals surface area contributed by atoms with Gasteiger partial charge in [-0.2, -0.15) is 5.26 Å². The van der Waals surface area contributed by atoms with E-state index in [0.717, 1.165) is 0 Å². The number of ether oxygens (including phenoxy) is 1. The number of carbonyl (C=O) groups is 1. The Hall–Kier alpha value is -2.10. The molecule has 1 aromatic carbocycles. The molecule has 0 saturated heterocycles. The van der Waals surface area contributed by atoms with E-state index in [-0.39, 0.29) is 25.1 Å². The average molecular weight is 291 g/mol. The lowest BCUT2D eigenvalue weighted by molar-refractivity contribution is -0.130. The third kappa shape index (κ3) is 5.42. The zero-order valence-electron chi connectivity index (χ0n) is 12.5. The van der Waals surface area contributed by atoms with Gasteiger partial charge in [0.15, 0.2) is 0 Å². The summed E-state index contributed by atoms with van der Waals surface area (Å²) in [5.41, 5.74) is 0.425. The molecular formula is C15H21N3O3. The molecule has 0 heterocycles. The van der Waals surface area contributed by atoms with E-state index in [9.17, 15) is 9.90 Å². The number of benzene rings is 1. The molecule has 0 radical (unpaired) electrons. The molecule has 0 aliphatic carbocycles. The van der Waals surface area contributed by atoms with Gasteiger partial charge in [-0.1, -0.05) is 12.1 Å². The summed E-state index contributed by atoms with van der Waals surface area (Å²) < 4.78 is 5.42. The van der Waals surface area contributed by atoms with Crippen molar-refractivity contribution in [3.05, 3.63) is 29.8 Å². The number of para-hydroxylation sites is 1. The molecule has 2 N–H and O–H groups in total. The van der Waals surface area contributed by atoms with Crippen LogP contribution in [0.2, 0.25) is 0 Å². The van der Waals surface area contributed by atoms with Gasteiger partial charge in [-0.3, -0.25) is 4.79 Å². The molecule has 1 aromatic rings. The molecule has 0 aromatic heterocycles. The van der Waals surface area contributed by atoms with Crippen molar-refractivity contribution in [3.8, 4) is 11.8 Å². The van der Waals surface area contributed by atoms with Gasteiger partial charge in [0.05, 0.1) is 11.6 Å². The molecule has 0 spiro atoms. The number of rotatable bonds is 7. The van der Waals surface area contributed by atoms with Crippen LogP contribution >= 0.6 is 0 Å². The Balaban J connectivity index is 2.40. The number of nitrogens with one attached hydrogen (secondary N) is 1. The third-order valence-electron chi connectivity index (χ3n) is 2.91. The molecule has 1 amide bonds. The first-order chi connectivity index (χ1) is 9.95. The number of carbonyl (C=O) groups excluding carboxylic acids is 1. The highest BCUT2D eigenvalue weighted by Crippen LogP contribution is 2.16. The van der Waals surface area contributed by atoms with Crippen molar-refractivity contribution >= 4 is 5.91 Å². The topological polar surface area (TPSA) is 85.6 Å². The molecule has 1 rings (SSSR count). The first-order valence-corrected chi connectivity index (χ1v) is 6.70. The number of amides is 1. The van der Waals surface area contributed by atoms with Gasteiger partial charge < -0.3 is 20.1 Å². The summed E-state index contributed by atoms with van der Waals surface area (Å²) in [7, 11) is 3.36. The largest absolute Gasteiger partial charge is 0.489 e. The highest BCUT2D eigenvalue weighted by Gasteiger charge is 2.16. The fraction of sp³-hybridized carbons (Fsp3) is 0.467. The Morgan fingerprint density at radius 1 is 1.48 bits per heavy atom. The van der Waals surface area contributed by atoms with Crippen LogP contribution in [0.15, 0.2) is 24.3 Å². The Bertz CT molecular complexity index is 511. The molecule has 2 atom stereocenters. The predicted molar refractivity (Wildman–Crippen MR) is 78.8 cm³/mol. The summed E-state index contributed by atoms with van der Waals surface area (Å²) in [6, 6.07) is 8.49. The van der Waals surface area contributed by atoms with Gasteiger partial charge in [0.25, 0.3) is 0 Å². The average Bonchev–Trinajstić information content (AvgIpc) is 2.49. The maximum absolute atomic E-state index is 11.6. The molecule has 0 bridgehead atoms. The summed E-state index contributed by atoms with van der Waals surface area (Å²) in [4.78, 5) is 13.1. The van der Waals surface area contributed by atoms with Gasteiger partial charge in [0.2, 0.25) is 5.91 Å². The van der Waals surface area contributed by atoms with Crippen molar-refractivity contribution in [2.24, 2.45) is 0 Å². The monoisotopic (exact) mass is 291 g/mol. The molecule has 2 unspecified atom stereocenters. The molecule has 0 fully saturated rings. The maximum Gasteiger partial charge on any atom is 0.238 e. The minimum absolute atomic E-state index is 0.0502. The Labute approximate surface area is 124 Å². The fourth-order valence-corrected chi connectivity index (χ4v) is 1.72. The van der Waals surface area contributed by atoms with Crippen molar-refractivity contribution in [1.82, 2.24) is 10.2 Å². The lowest BCUT2D eigenvalue weighted by atomic mass is 10.2. The second-order valence-corrected chi connectivity index (χ2v) is 4.94. The van der Waals surface area contributed by atoms with Crippen LogP contribution in [0.1, 0.15) is 12.5 Å². The lowest BCUT2D eigenvalue weighted by Crippen LogP contribution is -2.45. The third-order valence-corrected chi connectivity index (χ3v) is 2.91. The number of likely N-dealkylation sites (N-methyl/N-ethyl adjacent to an activating group) is 1. The summed E-state index contributed by atoms with van der Waals surface area (Å²) in [6.45, 7) is 2.02. The molecule has 6 nitrogen and oxygen atoms in total. The first-order valence-electron chi connectivity index (χ1n) is 6.70. The van der Waals surface area contributed by atoms with Crippen LogP contribution in [0.3, 0.4) is 0 Å². The standard InChI is InChI=1S/C15H21N3O3/c1-11(15(20)18(2)3)17-9-13(19)10-21-14-7-5-4-6-12(14)8-16/h4-7,11,13,17,19H,9-10H2,1-3H3. The Morgan fingerprint density at radius 2 is 2.14 bits per heavy atom. The predicted octanol–water partition coefficient (Wildman–Crippen LogP) is 0.364. The van der Waals surface area contributed by atoms with Gasteiger partial charge in [0.1, 0.15) is 24.5 Å². The van der Waals surface area contributed by atoms with Crippen molar-refractivity contribution in [2.45, 2.75) is 19.1 Å². The van der Waals surface area contributed by atoms with E-state index in [0.29, 0.717) is 11.3 Å². The van der Waals surface area contributed by atoms with E-state index in [1.54, 1.807) is 45.3 Å². The van der Waals surface area contributed by atoms with Crippen LogP contribution < -0.4 is 10.1 Å². The Morgan fingerprint density at radius 3 is 2.76 bits per heavy atom. The van der Waals surface area contributed by atoms with E-state index in [1.807, 2.05) is 6.07 Å². The Kier molecular flexibility index (Phi) is 6.66. The van der Waals surface area contributed by atoms with Crippen LogP contribution in [0, 0.1) is 11.3 Å². The number of nitrogens with zero attached hydrogens (tertiary/aromatic N) is 2. The van der Waals surface area contributed by atoms with E-state index < -0.39 is 6.10 Å². The molecule has 0 aliphatic heterocycles. The zero-order valence-corrected chi connectivity index (χ0v) is 12.5. The van der Waals surface area contributed by atoms with Gasteiger partial charge in [-0.15, -0.1) is 0 Å². The second kappa shape index (κ2) is 8.25. The molecule has 0 aliphatic rings. The fourth-order valence-electron chi connectivity index (χ4n) is 1.72. The summed E-state index contributed by atoms with van der Waals surface area (Å²) in [5.74, 6) is 0.384. The number of aliphatic hydroxyl groups is 1. The van der Waals surface area contributed by atoms with E-state index in [4.69, 9.17) is 10.00 Å². The second-order valence-electron chi connectivity index (χ2n) is 4.94. The smallest absolute Gasteiger partial charge is 0.238 e. The van der Waals surface area contributed by atoms with E-state index >= 15 is 0 Å². The highest BCUT2D eigenvalue weighted by atomic mass is 16.5.